The molecule has 0 spiro atoms. The summed E-state index contributed by atoms with van der Waals surface area (Å²) in [7, 11) is 8.60. The highest BCUT2D eigenvalue weighted by atomic mass is 15.2. The molecular weight excluding hydrogens is 1090 g/mol. The topological polar surface area (TPSA) is 58.8 Å². The Morgan fingerprint density at radius 2 is 0.607 bits per heavy atom. The van der Waals surface area contributed by atoms with Crippen molar-refractivity contribution in [2.24, 2.45) is 0 Å². The van der Waals surface area contributed by atoms with Gasteiger partial charge in [0.25, 0.3) is 0 Å². The van der Waals surface area contributed by atoms with Gasteiger partial charge in [0, 0.05) is 126 Å². The average molecular weight is 1260 g/mol. The first-order valence-corrected chi connectivity index (χ1v) is 38.8. The Morgan fingerprint density at radius 3 is 0.719 bits per heavy atom. The number of rotatable bonds is 21. The van der Waals surface area contributed by atoms with Crippen LogP contribution in [0.2, 0.25) is 0 Å². The van der Waals surface area contributed by atoms with Crippen molar-refractivity contribution in [1.29, 1.82) is 0 Å². The Balaban J connectivity index is 0.000000970. The van der Waals surface area contributed by atoms with E-state index in [9.17, 15) is 0 Å². The van der Waals surface area contributed by atoms with Gasteiger partial charge in [0.15, 0.2) is 0 Å². The van der Waals surface area contributed by atoms with Gasteiger partial charge in [0.2, 0.25) is 0 Å². The van der Waals surface area contributed by atoms with Crippen LogP contribution in [0.5, 0.6) is 0 Å². The largest absolute Gasteiger partial charge is 0.312 e. The lowest BCUT2D eigenvalue weighted by Crippen LogP contribution is -2.48. The summed E-state index contributed by atoms with van der Waals surface area (Å²) in [6, 6.07) is 15.1. The van der Waals surface area contributed by atoms with Crippen LogP contribution in [0.4, 0.5) is 0 Å². The van der Waals surface area contributed by atoms with Gasteiger partial charge in [-0.05, 0) is 295 Å². The second-order valence-corrected chi connectivity index (χ2v) is 34.0. The van der Waals surface area contributed by atoms with Gasteiger partial charge in [-0.3, -0.25) is 24.5 Å². The molecular formula is C79H170N10. The molecule has 0 amide bonds. The maximum atomic E-state index is 3.54. The van der Waals surface area contributed by atoms with Crippen molar-refractivity contribution >= 4 is 0 Å². The van der Waals surface area contributed by atoms with Crippen molar-refractivity contribution < 1.29 is 0 Å². The molecule has 536 valence electrons. The first kappa shape index (κ1) is 88.6. The number of nitrogens with one attached hydrogen (secondary N) is 3. The highest BCUT2D eigenvalue weighted by Crippen LogP contribution is 2.34. The molecule has 0 bridgehead atoms. The summed E-state index contributed by atoms with van der Waals surface area (Å²) in [5.74, 6) is 0. The molecule has 0 aromatic heterocycles. The van der Waals surface area contributed by atoms with Crippen LogP contribution < -0.4 is 16.0 Å². The minimum atomic E-state index is 0.376. The monoisotopic (exact) mass is 1260 g/mol. The summed E-state index contributed by atoms with van der Waals surface area (Å²) in [6.45, 7) is 65.7. The highest BCUT2D eigenvalue weighted by Gasteiger charge is 2.36. The van der Waals surface area contributed by atoms with Crippen LogP contribution in [0.25, 0.3) is 0 Å². The molecule has 9 aliphatic carbocycles. The van der Waals surface area contributed by atoms with Crippen LogP contribution >= 0.6 is 0 Å². The van der Waals surface area contributed by atoms with Gasteiger partial charge in [-0.1, -0.05) is 93.9 Å². The molecule has 9 aliphatic rings. The van der Waals surface area contributed by atoms with Crippen LogP contribution in [0.15, 0.2) is 0 Å². The summed E-state index contributed by atoms with van der Waals surface area (Å²) >= 11 is 0. The van der Waals surface area contributed by atoms with Crippen molar-refractivity contribution in [1.82, 2.24) is 50.2 Å². The summed E-state index contributed by atoms with van der Waals surface area (Å²) in [5.41, 5.74) is 0.761. The molecule has 10 heteroatoms. The molecule has 0 unspecified atom stereocenters. The van der Waals surface area contributed by atoms with Gasteiger partial charge >= 0.3 is 0 Å². The molecule has 0 saturated heterocycles. The zero-order valence-electron chi connectivity index (χ0n) is 67.0. The first-order chi connectivity index (χ1) is 41.3. The van der Waals surface area contributed by atoms with E-state index in [0.29, 0.717) is 35.2 Å². The molecule has 0 aromatic carbocycles. The maximum absolute atomic E-state index is 3.54. The normalized spacial score (nSPS) is 19.9. The number of hydrogen-bond donors (Lipinski definition) is 3. The Morgan fingerprint density at radius 1 is 0.303 bits per heavy atom. The van der Waals surface area contributed by atoms with E-state index in [1.54, 1.807) is 0 Å². The zero-order chi connectivity index (χ0) is 68.5. The summed E-state index contributed by atoms with van der Waals surface area (Å²) < 4.78 is 0. The second kappa shape index (κ2) is 46.7. The first-order valence-electron chi connectivity index (χ1n) is 38.8. The third-order valence-corrected chi connectivity index (χ3v) is 20.0. The number of hydrogen-bond acceptors (Lipinski definition) is 10. The highest BCUT2D eigenvalue weighted by molar-refractivity contribution is 4.92. The number of nitrogens with zero attached hydrogens (tertiary/aromatic N) is 7. The van der Waals surface area contributed by atoms with Crippen LogP contribution in [0.3, 0.4) is 0 Å². The third-order valence-electron chi connectivity index (χ3n) is 20.0. The molecule has 9 rings (SSSR count). The molecule has 9 saturated carbocycles. The molecule has 3 N–H and O–H groups in total. The minimum Gasteiger partial charge on any atom is -0.312 e. The van der Waals surface area contributed by atoms with E-state index in [-0.39, 0.29) is 0 Å². The second-order valence-electron chi connectivity index (χ2n) is 34.0. The lowest BCUT2D eigenvalue weighted by Gasteiger charge is -2.43. The molecule has 0 heterocycles. The van der Waals surface area contributed by atoms with Crippen molar-refractivity contribution in [2.45, 2.75) is 474 Å². The average Bonchev–Trinajstić information content (AvgIpc) is 2.73. The molecule has 0 radical (unpaired) electrons. The van der Waals surface area contributed by atoms with E-state index in [2.05, 4.69) is 272 Å². The minimum absolute atomic E-state index is 0.376. The summed E-state index contributed by atoms with van der Waals surface area (Å²) in [6.07, 6.45) is 34.1. The Bertz CT molecular complexity index is 1570. The van der Waals surface area contributed by atoms with Gasteiger partial charge in [-0.25, -0.2) is 0 Å². The van der Waals surface area contributed by atoms with Gasteiger partial charge < -0.3 is 25.8 Å². The van der Waals surface area contributed by atoms with E-state index >= 15 is 0 Å². The maximum Gasteiger partial charge on any atom is 0.0127 e. The predicted molar refractivity (Wildman–Crippen MR) is 403 cm³/mol. The summed E-state index contributed by atoms with van der Waals surface area (Å²) in [4.78, 5) is 17.6. The van der Waals surface area contributed by atoms with Gasteiger partial charge in [0.05, 0.1) is 0 Å². The van der Waals surface area contributed by atoms with Crippen LogP contribution in [-0.4, -0.2) is 201 Å². The smallest absolute Gasteiger partial charge is 0.0127 e. The van der Waals surface area contributed by atoms with Gasteiger partial charge in [-0.15, -0.1) is 0 Å². The zero-order valence-corrected chi connectivity index (χ0v) is 67.0. The van der Waals surface area contributed by atoms with Crippen LogP contribution in [-0.2, 0) is 0 Å². The van der Waals surface area contributed by atoms with E-state index in [1.165, 1.54) is 167 Å². The van der Waals surface area contributed by atoms with Crippen LogP contribution in [0.1, 0.15) is 348 Å². The quantitative estimate of drug-likeness (QED) is 0.104. The predicted octanol–water partition coefficient (Wildman–Crippen LogP) is 18.8. The van der Waals surface area contributed by atoms with Crippen LogP contribution in [0, 0.1) is 0 Å². The van der Waals surface area contributed by atoms with Crippen molar-refractivity contribution in [3.05, 3.63) is 0 Å². The molecule has 9 fully saturated rings. The molecule has 0 atom stereocenters. The van der Waals surface area contributed by atoms with E-state index in [1.807, 2.05) is 0 Å². The fraction of sp³-hybridized carbons (Fsp3) is 1.00. The Kier molecular flexibility index (Phi) is 46.5. The summed E-state index contributed by atoms with van der Waals surface area (Å²) in [5, 5.41) is 10.4. The van der Waals surface area contributed by atoms with Crippen molar-refractivity contribution in [3.8, 4) is 0 Å². The van der Waals surface area contributed by atoms with Gasteiger partial charge in [-0.2, -0.15) is 0 Å². The Labute approximate surface area is 562 Å². The van der Waals surface area contributed by atoms with Gasteiger partial charge in [0.1, 0.15) is 0 Å². The fourth-order valence-corrected chi connectivity index (χ4v) is 12.9. The molecule has 0 aliphatic heterocycles. The third kappa shape index (κ3) is 42.7. The van der Waals surface area contributed by atoms with E-state index in [0.717, 1.165) is 90.6 Å². The lowest BCUT2D eigenvalue weighted by molar-refractivity contribution is 0.0631. The molecule has 0 aromatic rings. The fourth-order valence-electron chi connectivity index (χ4n) is 12.9. The standard InChI is InChI=1S/C10H21N.3C9H19N.3C8H17N.C7H15N.C6H13N.C5H13N/c1-8(2)11(9(3)4)10-6-5-7-10;1-7(2)10(8(3)4)9-5-6-9;1-5-10(8-6-7-8)9(2,3)4;1-4-10(8(2)3)9-6-5-7-9;1-8(2,3)9(4)7-5-6-7;1-7(2)9(3)8-5-4-6-8;1-7(2)9-8-5-3-4-6-8;1-6(2)8-7-4-3-5-7;1-5(2)7-6-3-4-6;1-5(2)6(3)4/h8-10H,5-7H2,1-4H3;7-9H,5-6H2,1-4H3;8H,5-7H2,1-4H3;8-9H,4-7H2,1-3H3;7H,5-6H2,1-4H3;7-8H,4-6H2,1-3H3;7-9H,3-6H2,1-2H3;6-8H,3-5H2,1-2H3;5-7H,3-4H2,1-2H3;5H,1-4H3. The lowest BCUT2D eigenvalue weighted by atomic mass is 9.89. The van der Waals surface area contributed by atoms with E-state index in [4.69, 9.17) is 0 Å². The molecule has 10 nitrogen and oxygen atoms in total. The molecule has 89 heavy (non-hydrogen) atoms. The van der Waals surface area contributed by atoms with Crippen molar-refractivity contribution in [3.63, 3.8) is 0 Å². The Hall–Kier alpha value is -0.400. The SMILES string of the molecule is CC(C)N(C(C)C)C1CC1.CC(C)N(C(C)C)C1CCC1.CC(C)N(C)C.CC(C)N(C)C1CCC1.CC(C)NC1CC1.CC(C)NC1CCC1.CC(C)NC1CCCC1.CCN(C(C)C)C1CCC1.CCN(C1CC1)C(C)(C)C.CN(C1CC1)C(C)(C)C. The van der Waals surface area contributed by atoms with Crippen molar-refractivity contribution in [2.75, 3.05) is 41.3 Å². The van der Waals surface area contributed by atoms with E-state index < -0.39 is 0 Å².